The van der Waals surface area contributed by atoms with E-state index in [0.717, 1.165) is 31.1 Å². The lowest BCUT2D eigenvalue weighted by Crippen LogP contribution is -2.48. The minimum absolute atomic E-state index is 0.104. The van der Waals surface area contributed by atoms with Crippen molar-refractivity contribution in [2.75, 3.05) is 0 Å². The average Bonchev–Trinajstić information content (AvgIpc) is 2.35. The van der Waals surface area contributed by atoms with Crippen molar-refractivity contribution >= 4 is 5.91 Å². The Hall–Kier alpha value is -0.570. The monoisotopic (exact) mass is 252 g/mol. The van der Waals surface area contributed by atoms with Crippen LogP contribution in [0.3, 0.4) is 0 Å². The van der Waals surface area contributed by atoms with Gasteiger partial charge in [-0.05, 0) is 37.5 Å². The minimum Gasteiger partial charge on any atom is -0.369 e. The number of hydrogen-bond acceptors (Lipinski definition) is 2. The summed E-state index contributed by atoms with van der Waals surface area (Å²) in [5.41, 5.74) is 5.45. The Morgan fingerprint density at radius 1 is 1.11 bits per heavy atom. The molecule has 0 aliphatic heterocycles. The fourth-order valence-corrected chi connectivity index (χ4v) is 3.72. The molecule has 0 aromatic carbocycles. The number of nitrogens with two attached hydrogens (primary N) is 1. The third kappa shape index (κ3) is 3.25. The zero-order valence-electron chi connectivity index (χ0n) is 11.8. The standard InChI is InChI=1S/C15H28N2O/c1-10-5-3-8-14(11(10)2)17-13-7-4-6-12(9-13)15(16)18/h10-14,17H,3-9H2,1-2H3,(H2,16,18)/t10-,11-,12-,13-,14+/m1/s1. The van der Waals surface area contributed by atoms with E-state index >= 15 is 0 Å². The molecule has 2 aliphatic carbocycles. The maximum atomic E-state index is 11.3. The molecule has 2 fully saturated rings. The maximum Gasteiger partial charge on any atom is 0.220 e. The molecule has 104 valence electrons. The van der Waals surface area contributed by atoms with Gasteiger partial charge in [0.2, 0.25) is 5.91 Å². The van der Waals surface area contributed by atoms with Crippen LogP contribution in [0, 0.1) is 17.8 Å². The molecule has 0 aromatic heterocycles. The second-order valence-corrected chi connectivity index (χ2v) is 6.50. The Bertz CT molecular complexity index is 292. The van der Waals surface area contributed by atoms with Crippen molar-refractivity contribution in [3.05, 3.63) is 0 Å². The van der Waals surface area contributed by atoms with Gasteiger partial charge in [-0.25, -0.2) is 0 Å². The first-order chi connectivity index (χ1) is 8.58. The highest BCUT2D eigenvalue weighted by Crippen LogP contribution is 2.31. The predicted octanol–water partition coefficient (Wildman–Crippen LogP) is 2.44. The number of amides is 1. The van der Waals surface area contributed by atoms with Crippen molar-refractivity contribution in [2.24, 2.45) is 23.5 Å². The summed E-state index contributed by atoms with van der Waals surface area (Å²) < 4.78 is 0. The van der Waals surface area contributed by atoms with E-state index in [4.69, 9.17) is 5.73 Å². The molecule has 18 heavy (non-hydrogen) atoms. The van der Waals surface area contributed by atoms with Gasteiger partial charge in [0.15, 0.2) is 0 Å². The van der Waals surface area contributed by atoms with Gasteiger partial charge < -0.3 is 11.1 Å². The predicted molar refractivity (Wildman–Crippen MR) is 74.0 cm³/mol. The molecule has 0 spiro atoms. The van der Waals surface area contributed by atoms with Crippen LogP contribution in [0.1, 0.15) is 58.8 Å². The number of hydrogen-bond donors (Lipinski definition) is 2. The van der Waals surface area contributed by atoms with Crippen LogP contribution in [0.4, 0.5) is 0 Å². The molecule has 3 heteroatoms. The fraction of sp³-hybridized carbons (Fsp3) is 0.933. The van der Waals surface area contributed by atoms with Crippen molar-refractivity contribution in [1.82, 2.24) is 5.32 Å². The zero-order valence-corrected chi connectivity index (χ0v) is 11.8. The highest BCUT2D eigenvalue weighted by molar-refractivity contribution is 5.76. The molecule has 0 heterocycles. The minimum atomic E-state index is -0.105. The van der Waals surface area contributed by atoms with Crippen LogP contribution in [-0.4, -0.2) is 18.0 Å². The highest BCUT2D eigenvalue weighted by Gasteiger charge is 2.31. The number of rotatable bonds is 3. The highest BCUT2D eigenvalue weighted by atomic mass is 16.1. The zero-order chi connectivity index (χ0) is 13.1. The quantitative estimate of drug-likeness (QED) is 0.810. The summed E-state index contributed by atoms with van der Waals surface area (Å²) in [5.74, 6) is 1.58. The van der Waals surface area contributed by atoms with Gasteiger partial charge in [0.25, 0.3) is 0 Å². The molecule has 2 saturated carbocycles. The number of nitrogens with one attached hydrogen (secondary N) is 1. The molecule has 3 N–H and O–H groups in total. The van der Waals surface area contributed by atoms with Crippen molar-refractivity contribution in [2.45, 2.75) is 70.9 Å². The Labute approximate surface area is 111 Å². The lowest BCUT2D eigenvalue weighted by atomic mass is 9.77. The van der Waals surface area contributed by atoms with E-state index in [9.17, 15) is 4.79 Å². The maximum absolute atomic E-state index is 11.3. The molecule has 2 rings (SSSR count). The van der Waals surface area contributed by atoms with Crippen LogP contribution in [0.2, 0.25) is 0 Å². The van der Waals surface area contributed by atoms with Gasteiger partial charge in [0, 0.05) is 18.0 Å². The van der Waals surface area contributed by atoms with Gasteiger partial charge in [-0.2, -0.15) is 0 Å². The fourth-order valence-electron chi connectivity index (χ4n) is 3.72. The van der Waals surface area contributed by atoms with E-state index < -0.39 is 0 Å². The SMILES string of the molecule is C[C@@H]1[C@H](C)CCC[C@@H]1N[C@@H]1CCC[C@@H](C(N)=O)C1. The van der Waals surface area contributed by atoms with Crippen molar-refractivity contribution in [3.63, 3.8) is 0 Å². The van der Waals surface area contributed by atoms with E-state index in [1.807, 2.05) is 0 Å². The molecule has 5 atom stereocenters. The van der Waals surface area contributed by atoms with Crippen LogP contribution >= 0.6 is 0 Å². The summed E-state index contributed by atoms with van der Waals surface area (Å²) in [6.07, 6.45) is 8.30. The number of carbonyl (C=O) groups is 1. The molecule has 0 unspecified atom stereocenters. The molecule has 2 aliphatic rings. The van der Waals surface area contributed by atoms with Gasteiger partial charge in [0.05, 0.1) is 0 Å². The third-order valence-corrected chi connectivity index (χ3v) is 5.23. The summed E-state index contributed by atoms with van der Waals surface area (Å²) in [6, 6.07) is 1.15. The molecule has 0 aromatic rings. The van der Waals surface area contributed by atoms with E-state index in [1.54, 1.807) is 0 Å². The molecular formula is C15H28N2O. The van der Waals surface area contributed by atoms with Crippen molar-refractivity contribution < 1.29 is 4.79 Å². The average molecular weight is 252 g/mol. The molecule has 0 bridgehead atoms. The van der Waals surface area contributed by atoms with Crippen LogP contribution in [0.25, 0.3) is 0 Å². The van der Waals surface area contributed by atoms with Crippen LogP contribution in [0.5, 0.6) is 0 Å². The van der Waals surface area contributed by atoms with Gasteiger partial charge in [-0.3, -0.25) is 4.79 Å². The lowest BCUT2D eigenvalue weighted by molar-refractivity contribution is -0.123. The topological polar surface area (TPSA) is 55.1 Å². The number of carbonyl (C=O) groups excluding carboxylic acids is 1. The van der Waals surface area contributed by atoms with Gasteiger partial charge >= 0.3 is 0 Å². The molecular weight excluding hydrogens is 224 g/mol. The summed E-state index contributed by atoms with van der Waals surface area (Å²) in [5, 5.41) is 3.82. The normalized spacial score (nSPS) is 41.6. The van der Waals surface area contributed by atoms with E-state index in [2.05, 4.69) is 19.2 Å². The Kier molecular flexibility index (Phi) is 4.66. The second-order valence-electron chi connectivity index (χ2n) is 6.50. The Balaban J connectivity index is 1.86. The van der Waals surface area contributed by atoms with Crippen LogP contribution in [0.15, 0.2) is 0 Å². The van der Waals surface area contributed by atoms with Gasteiger partial charge in [-0.1, -0.05) is 33.1 Å². The lowest BCUT2D eigenvalue weighted by Gasteiger charge is -2.39. The smallest absolute Gasteiger partial charge is 0.220 e. The van der Waals surface area contributed by atoms with Crippen LogP contribution in [-0.2, 0) is 4.79 Å². The molecule has 1 amide bonds. The summed E-state index contributed by atoms with van der Waals surface area (Å²) in [4.78, 5) is 11.3. The van der Waals surface area contributed by atoms with Crippen molar-refractivity contribution in [3.8, 4) is 0 Å². The summed E-state index contributed by atoms with van der Waals surface area (Å²) in [7, 11) is 0. The van der Waals surface area contributed by atoms with Crippen molar-refractivity contribution in [1.29, 1.82) is 0 Å². The summed E-state index contributed by atoms with van der Waals surface area (Å²) >= 11 is 0. The molecule has 0 radical (unpaired) electrons. The van der Waals surface area contributed by atoms with Gasteiger partial charge in [-0.15, -0.1) is 0 Å². The molecule has 0 saturated heterocycles. The van der Waals surface area contributed by atoms with E-state index in [-0.39, 0.29) is 11.8 Å². The first-order valence-corrected chi connectivity index (χ1v) is 7.63. The van der Waals surface area contributed by atoms with Gasteiger partial charge in [0.1, 0.15) is 0 Å². The second kappa shape index (κ2) is 6.05. The Morgan fingerprint density at radius 2 is 1.83 bits per heavy atom. The first kappa shape index (κ1) is 13.9. The van der Waals surface area contributed by atoms with E-state index in [1.165, 1.54) is 25.7 Å². The first-order valence-electron chi connectivity index (χ1n) is 7.63. The largest absolute Gasteiger partial charge is 0.369 e. The third-order valence-electron chi connectivity index (χ3n) is 5.23. The summed E-state index contributed by atoms with van der Waals surface area (Å²) in [6.45, 7) is 4.74. The van der Waals surface area contributed by atoms with Crippen LogP contribution < -0.4 is 11.1 Å². The molecule has 3 nitrogen and oxygen atoms in total. The number of primary amides is 1. The van der Waals surface area contributed by atoms with E-state index in [0.29, 0.717) is 12.1 Å². The Morgan fingerprint density at radius 3 is 2.56 bits per heavy atom.